The van der Waals surface area contributed by atoms with E-state index in [4.69, 9.17) is 9.47 Å². The molecule has 104 valence electrons. The van der Waals surface area contributed by atoms with Crippen molar-refractivity contribution in [2.45, 2.75) is 32.3 Å². The first-order chi connectivity index (χ1) is 9.24. The normalized spacial score (nSPS) is 18.3. The Morgan fingerprint density at radius 1 is 1.42 bits per heavy atom. The zero-order chi connectivity index (χ0) is 13.5. The maximum Gasteiger partial charge on any atom is 0.223 e. The number of hydrogen-bond donors (Lipinski definition) is 1. The van der Waals surface area contributed by atoms with Crippen LogP contribution in [0.4, 0.5) is 0 Å². The smallest absolute Gasteiger partial charge is 0.223 e. The lowest BCUT2D eigenvalue weighted by Crippen LogP contribution is -2.32. The number of carbonyl (C=O) groups is 1. The van der Waals surface area contributed by atoms with E-state index in [0.717, 1.165) is 25.2 Å². The van der Waals surface area contributed by atoms with Gasteiger partial charge in [-0.3, -0.25) is 4.79 Å². The summed E-state index contributed by atoms with van der Waals surface area (Å²) < 4.78 is 11.0. The third-order valence-electron chi connectivity index (χ3n) is 3.17. The summed E-state index contributed by atoms with van der Waals surface area (Å²) in [4.78, 5) is 11.6. The molecule has 0 aliphatic carbocycles. The molecule has 0 aromatic heterocycles. The van der Waals surface area contributed by atoms with Gasteiger partial charge in [0.2, 0.25) is 5.91 Å². The SMILES string of the molecule is Cc1ccc(OCCC(=O)NC[C@H]2CCCO2)cc1. The van der Waals surface area contributed by atoms with Gasteiger partial charge >= 0.3 is 0 Å². The van der Waals surface area contributed by atoms with Crippen LogP contribution in [-0.4, -0.2) is 31.8 Å². The predicted octanol–water partition coefficient (Wildman–Crippen LogP) is 2.06. The molecule has 1 aliphatic heterocycles. The van der Waals surface area contributed by atoms with Crippen LogP contribution in [0.5, 0.6) is 5.75 Å². The summed E-state index contributed by atoms with van der Waals surface area (Å²) in [5.41, 5.74) is 1.20. The predicted molar refractivity (Wildman–Crippen MR) is 73.3 cm³/mol. The van der Waals surface area contributed by atoms with Gasteiger partial charge in [0.05, 0.1) is 19.1 Å². The van der Waals surface area contributed by atoms with Crippen LogP contribution >= 0.6 is 0 Å². The van der Waals surface area contributed by atoms with Gasteiger partial charge in [-0.05, 0) is 31.9 Å². The van der Waals surface area contributed by atoms with Gasteiger partial charge in [-0.1, -0.05) is 17.7 Å². The second kappa shape index (κ2) is 7.14. The quantitative estimate of drug-likeness (QED) is 0.854. The van der Waals surface area contributed by atoms with Gasteiger partial charge in [-0.25, -0.2) is 0 Å². The molecule has 19 heavy (non-hydrogen) atoms. The second-order valence-corrected chi connectivity index (χ2v) is 4.85. The maximum atomic E-state index is 11.6. The highest BCUT2D eigenvalue weighted by molar-refractivity contribution is 5.76. The Morgan fingerprint density at radius 2 is 2.21 bits per heavy atom. The van der Waals surface area contributed by atoms with Crippen LogP contribution < -0.4 is 10.1 Å². The first-order valence-corrected chi connectivity index (χ1v) is 6.82. The van der Waals surface area contributed by atoms with Gasteiger partial charge in [0, 0.05) is 13.2 Å². The Labute approximate surface area is 114 Å². The second-order valence-electron chi connectivity index (χ2n) is 4.85. The molecule has 1 atom stereocenters. The molecule has 0 radical (unpaired) electrons. The van der Waals surface area contributed by atoms with E-state index in [1.165, 1.54) is 5.56 Å². The molecular weight excluding hydrogens is 242 g/mol. The minimum Gasteiger partial charge on any atom is -0.493 e. The molecule has 0 spiro atoms. The third-order valence-corrected chi connectivity index (χ3v) is 3.17. The molecule has 1 aliphatic rings. The summed E-state index contributed by atoms with van der Waals surface area (Å²) in [6, 6.07) is 7.82. The molecule has 1 aromatic carbocycles. The van der Waals surface area contributed by atoms with Crippen molar-refractivity contribution in [3.8, 4) is 5.75 Å². The van der Waals surface area contributed by atoms with Crippen molar-refractivity contribution in [2.24, 2.45) is 0 Å². The number of carbonyl (C=O) groups excluding carboxylic acids is 1. The van der Waals surface area contributed by atoms with E-state index in [1.54, 1.807) is 0 Å². The highest BCUT2D eigenvalue weighted by atomic mass is 16.5. The van der Waals surface area contributed by atoms with Gasteiger partial charge in [-0.15, -0.1) is 0 Å². The monoisotopic (exact) mass is 263 g/mol. The fraction of sp³-hybridized carbons (Fsp3) is 0.533. The first kappa shape index (κ1) is 13.9. The zero-order valence-electron chi connectivity index (χ0n) is 11.4. The molecule has 0 unspecified atom stereocenters. The third kappa shape index (κ3) is 4.91. The van der Waals surface area contributed by atoms with Crippen LogP contribution in [-0.2, 0) is 9.53 Å². The van der Waals surface area contributed by atoms with Crippen molar-refractivity contribution < 1.29 is 14.3 Å². The van der Waals surface area contributed by atoms with Crippen LogP contribution in [0.1, 0.15) is 24.8 Å². The highest BCUT2D eigenvalue weighted by Gasteiger charge is 2.15. The number of amides is 1. The standard InChI is InChI=1S/C15H21NO3/c1-12-4-6-13(7-5-12)19-10-8-15(17)16-11-14-3-2-9-18-14/h4-7,14H,2-3,8-11H2,1H3,(H,16,17)/t14-/m1/s1. The Kier molecular flexibility index (Phi) is 5.21. The van der Waals surface area contributed by atoms with Gasteiger partial charge in [-0.2, -0.15) is 0 Å². The summed E-state index contributed by atoms with van der Waals surface area (Å²) in [6.07, 6.45) is 2.71. The average molecular weight is 263 g/mol. The fourth-order valence-electron chi connectivity index (χ4n) is 2.02. The van der Waals surface area contributed by atoms with E-state index >= 15 is 0 Å². The van der Waals surface area contributed by atoms with E-state index in [1.807, 2.05) is 31.2 Å². The first-order valence-electron chi connectivity index (χ1n) is 6.82. The Hall–Kier alpha value is -1.55. The molecule has 2 rings (SSSR count). The summed E-state index contributed by atoms with van der Waals surface area (Å²) in [7, 11) is 0. The number of hydrogen-bond acceptors (Lipinski definition) is 3. The molecule has 4 heteroatoms. The summed E-state index contributed by atoms with van der Waals surface area (Å²) >= 11 is 0. The van der Waals surface area contributed by atoms with Crippen LogP contribution in [0.2, 0.25) is 0 Å². The van der Waals surface area contributed by atoms with Crippen molar-refractivity contribution in [3.05, 3.63) is 29.8 Å². The van der Waals surface area contributed by atoms with Crippen LogP contribution in [0, 0.1) is 6.92 Å². The van der Waals surface area contributed by atoms with Gasteiger partial charge in [0.25, 0.3) is 0 Å². The molecule has 1 amide bonds. The highest BCUT2D eigenvalue weighted by Crippen LogP contribution is 2.12. The molecule has 1 fully saturated rings. The fourth-order valence-corrected chi connectivity index (χ4v) is 2.02. The van der Waals surface area contributed by atoms with E-state index in [0.29, 0.717) is 19.6 Å². The molecule has 1 aromatic rings. The van der Waals surface area contributed by atoms with E-state index in [2.05, 4.69) is 5.32 Å². The number of aryl methyl sites for hydroxylation is 1. The molecule has 1 N–H and O–H groups in total. The van der Waals surface area contributed by atoms with Crippen molar-refractivity contribution in [2.75, 3.05) is 19.8 Å². The van der Waals surface area contributed by atoms with Crippen molar-refractivity contribution in [1.29, 1.82) is 0 Å². The lowest BCUT2D eigenvalue weighted by molar-refractivity contribution is -0.122. The largest absolute Gasteiger partial charge is 0.493 e. The lowest BCUT2D eigenvalue weighted by atomic mass is 10.2. The maximum absolute atomic E-state index is 11.6. The molecule has 1 heterocycles. The van der Waals surface area contributed by atoms with Crippen molar-refractivity contribution >= 4 is 5.91 Å². The van der Waals surface area contributed by atoms with Gasteiger partial charge in [0.1, 0.15) is 5.75 Å². The zero-order valence-corrected chi connectivity index (χ0v) is 11.4. The number of rotatable bonds is 6. The minimum absolute atomic E-state index is 0.0163. The van der Waals surface area contributed by atoms with E-state index in [9.17, 15) is 4.79 Å². The molecular formula is C15H21NO3. The number of benzene rings is 1. The number of nitrogens with one attached hydrogen (secondary N) is 1. The molecule has 4 nitrogen and oxygen atoms in total. The molecule has 1 saturated heterocycles. The Morgan fingerprint density at radius 3 is 2.89 bits per heavy atom. The van der Waals surface area contributed by atoms with Crippen molar-refractivity contribution in [3.63, 3.8) is 0 Å². The van der Waals surface area contributed by atoms with E-state index < -0.39 is 0 Å². The van der Waals surface area contributed by atoms with Crippen LogP contribution in [0.15, 0.2) is 24.3 Å². The van der Waals surface area contributed by atoms with E-state index in [-0.39, 0.29) is 12.0 Å². The average Bonchev–Trinajstić information content (AvgIpc) is 2.92. The van der Waals surface area contributed by atoms with Gasteiger partial charge in [0.15, 0.2) is 0 Å². The van der Waals surface area contributed by atoms with Gasteiger partial charge < -0.3 is 14.8 Å². The molecule has 0 saturated carbocycles. The minimum atomic E-state index is 0.0163. The molecule has 0 bridgehead atoms. The van der Waals surface area contributed by atoms with Crippen LogP contribution in [0.3, 0.4) is 0 Å². The summed E-state index contributed by atoms with van der Waals surface area (Å²) in [5.74, 6) is 0.820. The summed E-state index contributed by atoms with van der Waals surface area (Å²) in [6.45, 7) is 3.86. The lowest BCUT2D eigenvalue weighted by Gasteiger charge is -2.11. The Bertz CT molecular complexity index is 396. The number of ether oxygens (including phenoxy) is 2. The van der Waals surface area contributed by atoms with Crippen LogP contribution in [0.25, 0.3) is 0 Å². The summed E-state index contributed by atoms with van der Waals surface area (Å²) in [5, 5.41) is 2.88. The Balaban J connectivity index is 1.59. The topological polar surface area (TPSA) is 47.6 Å². The van der Waals surface area contributed by atoms with Crippen molar-refractivity contribution in [1.82, 2.24) is 5.32 Å².